The van der Waals surface area contributed by atoms with E-state index in [1.807, 2.05) is 7.05 Å². The summed E-state index contributed by atoms with van der Waals surface area (Å²) in [5.74, 6) is -0.954. The Labute approximate surface area is 127 Å². The van der Waals surface area contributed by atoms with Gasteiger partial charge in [0.25, 0.3) is 0 Å². The van der Waals surface area contributed by atoms with E-state index in [0.717, 1.165) is 18.5 Å². The number of halogens is 1. The topological polar surface area (TPSA) is 40.5 Å². The molecule has 0 amide bonds. The van der Waals surface area contributed by atoms with E-state index in [9.17, 15) is 4.79 Å². The number of carboxylic acids is 1. The molecule has 0 spiro atoms. The van der Waals surface area contributed by atoms with E-state index in [1.165, 1.54) is 10.9 Å². The molecule has 0 aliphatic rings. The zero-order valence-electron chi connectivity index (χ0n) is 11.2. The average molecular weight is 310 g/mol. The lowest BCUT2D eigenvalue weighted by molar-refractivity contribution is 0.0697. The normalized spacial score (nSPS) is 10.9. The van der Waals surface area contributed by atoms with Crippen LogP contribution in [-0.4, -0.2) is 29.6 Å². The number of hydrogen-bond donors (Lipinski definition) is 1. The number of carbonyl (C=O) groups is 1. The Morgan fingerprint density at radius 3 is 2.80 bits per heavy atom. The molecule has 2 rings (SSSR count). The number of thiophene rings is 1. The number of benzene rings is 1. The summed E-state index contributed by atoms with van der Waals surface area (Å²) in [6.07, 6.45) is 1.01. The molecule has 0 radical (unpaired) electrons. The molecule has 2 aromatic rings. The van der Waals surface area contributed by atoms with Crippen LogP contribution in [0.5, 0.6) is 0 Å². The second-order valence-electron chi connectivity index (χ2n) is 4.68. The van der Waals surface area contributed by atoms with Gasteiger partial charge in [-0.05, 0) is 42.6 Å². The maximum absolute atomic E-state index is 10.9. The fraction of sp³-hybridized carbons (Fsp3) is 0.267. The first kappa shape index (κ1) is 15.0. The van der Waals surface area contributed by atoms with Crippen LogP contribution < -0.4 is 0 Å². The first-order chi connectivity index (χ1) is 9.56. The summed E-state index contributed by atoms with van der Waals surface area (Å²) in [6.45, 7) is 1.65. The molecular formula is C15H16ClNO2S. The van der Waals surface area contributed by atoms with Crippen LogP contribution in [-0.2, 0) is 13.0 Å². The van der Waals surface area contributed by atoms with Crippen LogP contribution in [0.15, 0.2) is 35.7 Å². The molecule has 1 aromatic heterocycles. The monoisotopic (exact) mass is 309 g/mol. The van der Waals surface area contributed by atoms with Crippen LogP contribution in [0.1, 0.15) is 20.8 Å². The SMILES string of the molecule is CN(CCc1cccs1)Cc1ccc(C(=O)O)cc1Cl. The highest BCUT2D eigenvalue weighted by Crippen LogP contribution is 2.20. The van der Waals surface area contributed by atoms with Crippen molar-refractivity contribution in [1.29, 1.82) is 0 Å². The fourth-order valence-corrected chi connectivity index (χ4v) is 2.87. The maximum Gasteiger partial charge on any atom is 0.335 e. The number of rotatable bonds is 6. The van der Waals surface area contributed by atoms with Gasteiger partial charge in [-0.2, -0.15) is 0 Å². The van der Waals surface area contributed by atoms with E-state index in [2.05, 4.69) is 22.4 Å². The number of likely N-dealkylation sites (N-methyl/N-ethyl adjacent to an activating group) is 1. The predicted molar refractivity (Wildman–Crippen MR) is 82.8 cm³/mol. The van der Waals surface area contributed by atoms with Crippen molar-refractivity contribution >= 4 is 28.9 Å². The fourth-order valence-electron chi connectivity index (χ4n) is 1.93. The molecule has 5 heteroatoms. The molecular weight excluding hydrogens is 294 g/mol. The lowest BCUT2D eigenvalue weighted by atomic mass is 10.1. The van der Waals surface area contributed by atoms with Gasteiger partial charge in [-0.3, -0.25) is 0 Å². The van der Waals surface area contributed by atoms with Crippen molar-refractivity contribution in [3.8, 4) is 0 Å². The van der Waals surface area contributed by atoms with E-state index in [4.69, 9.17) is 16.7 Å². The summed E-state index contributed by atoms with van der Waals surface area (Å²) in [7, 11) is 2.04. The minimum absolute atomic E-state index is 0.222. The Bertz CT molecular complexity index is 584. The molecule has 1 heterocycles. The average Bonchev–Trinajstić information content (AvgIpc) is 2.91. The van der Waals surface area contributed by atoms with Gasteiger partial charge >= 0.3 is 5.97 Å². The summed E-state index contributed by atoms with van der Waals surface area (Å²) in [6, 6.07) is 9.07. The summed E-state index contributed by atoms with van der Waals surface area (Å²) in [5, 5.41) is 11.5. The molecule has 0 unspecified atom stereocenters. The second kappa shape index (κ2) is 6.88. The smallest absolute Gasteiger partial charge is 0.335 e. The van der Waals surface area contributed by atoms with Crippen LogP contribution in [0.4, 0.5) is 0 Å². The number of aromatic carboxylic acids is 1. The molecule has 0 saturated heterocycles. The standard InChI is InChI=1S/C15H16ClNO2S/c1-17(7-6-13-3-2-8-20-13)10-12-5-4-11(15(18)19)9-14(12)16/h2-5,8-9H,6-7,10H2,1H3,(H,18,19). The molecule has 0 atom stereocenters. The van der Waals surface area contributed by atoms with Gasteiger partial charge in [0.1, 0.15) is 0 Å². The summed E-state index contributed by atoms with van der Waals surface area (Å²) < 4.78 is 0. The molecule has 1 aromatic carbocycles. The van der Waals surface area contributed by atoms with Crippen molar-refractivity contribution in [1.82, 2.24) is 4.90 Å². The Morgan fingerprint density at radius 1 is 1.40 bits per heavy atom. The van der Waals surface area contributed by atoms with Crippen LogP contribution in [0.2, 0.25) is 5.02 Å². The van der Waals surface area contributed by atoms with Gasteiger partial charge in [-0.25, -0.2) is 4.79 Å². The molecule has 0 fully saturated rings. The molecule has 0 bridgehead atoms. The first-order valence-electron chi connectivity index (χ1n) is 6.29. The van der Waals surface area contributed by atoms with Crippen molar-refractivity contribution in [3.63, 3.8) is 0 Å². The van der Waals surface area contributed by atoms with Crippen LogP contribution in [0.25, 0.3) is 0 Å². The number of carboxylic acid groups (broad SMARTS) is 1. The Hall–Kier alpha value is -1.36. The molecule has 1 N–H and O–H groups in total. The largest absolute Gasteiger partial charge is 0.478 e. The van der Waals surface area contributed by atoms with Crippen molar-refractivity contribution in [3.05, 3.63) is 56.7 Å². The molecule has 0 aliphatic carbocycles. The maximum atomic E-state index is 10.9. The Morgan fingerprint density at radius 2 is 2.20 bits per heavy atom. The predicted octanol–water partition coefficient (Wildman–Crippen LogP) is 3.77. The van der Waals surface area contributed by atoms with Crippen LogP contribution in [0.3, 0.4) is 0 Å². The molecule has 20 heavy (non-hydrogen) atoms. The minimum Gasteiger partial charge on any atom is -0.478 e. The Kier molecular flexibility index (Phi) is 5.17. The highest BCUT2D eigenvalue weighted by Gasteiger charge is 2.09. The highest BCUT2D eigenvalue weighted by atomic mass is 35.5. The summed E-state index contributed by atoms with van der Waals surface area (Å²) >= 11 is 7.89. The third kappa shape index (κ3) is 4.07. The highest BCUT2D eigenvalue weighted by molar-refractivity contribution is 7.09. The van der Waals surface area contributed by atoms with Crippen LogP contribution in [0, 0.1) is 0 Å². The van der Waals surface area contributed by atoms with Crippen LogP contribution >= 0.6 is 22.9 Å². The van der Waals surface area contributed by atoms with Gasteiger partial charge in [0.2, 0.25) is 0 Å². The lowest BCUT2D eigenvalue weighted by Gasteiger charge is -2.17. The van der Waals surface area contributed by atoms with E-state index < -0.39 is 5.97 Å². The molecule has 3 nitrogen and oxygen atoms in total. The van der Waals surface area contributed by atoms with Gasteiger partial charge in [0.05, 0.1) is 5.56 Å². The second-order valence-corrected chi connectivity index (χ2v) is 6.12. The van der Waals surface area contributed by atoms with Crippen molar-refractivity contribution < 1.29 is 9.90 Å². The minimum atomic E-state index is -0.954. The Balaban J connectivity index is 1.93. The van der Waals surface area contributed by atoms with Crippen molar-refractivity contribution in [2.45, 2.75) is 13.0 Å². The van der Waals surface area contributed by atoms with Gasteiger partial charge in [-0.1, -0.05) is 23.7 Å². The number of nitrogens with zero attached hydrogens (tertiary/aromatic N) is 1. The summed E-state index contributed by atoms with van der Waals surface area (Å²) in [5.41, 5.74) is 1.17. The van der Waals surface area contributed by atoms with E-state index >= 15 is 0 Å². The van der Waals surface area contributed by atoms with Crippen molar-refractivity contribution in [2.75, 3.05) is 13.6 Å². The first-order valence-corrected chi connectivity index (χ1v) is 7.54. The van der Waals surface area contributed by atoms with E-state index in [0.29, 0.717) is 11.6 Å². The third-order valence-electron chi connectivity index (χ3n) is 3.06. The molecule has 106 valence electrons. The summed E-state index contributed by atoms with van der Waals surface area (Å²) in [4.78, 5) is 14.4. The van der Waals surface area contributed by atoms with Gasteiger partial charge in [-0.15, -0.1) is 11.3 Å². The third-order valence-corrected chi connectivity index (χ3v) is 4.35. The zero-order valence-corrected chi connectivity index (χ0v) is 12.7. The van der Waals surface area contributed by atoms with Crippen molar-refractivity contribution in [2.24, 2.45) is 0 Å². The lowest BCUT2D eigenvalue weighted by Crippen LogP contribution is -2.20. The quantitative estimate of drug-likeness (QED) is 0.883. The van der Waals surface area contributed by atoms with Gasteiger partial charge in [0, 0.05) is 23.0 Å². The zero-order chi connectivity index (χ0) is 14.5. The number of hydrogen-bond acceptors (Lipinski definition) is 3. The van der Waals surface area contributed by atoms with E-state index in [-0.39, 0.29) is 5.56 Å². The van der Waals surface area contributed by atoms with Gasteiger partial charge in [0.15, 0.2) is 0 Å². The van der Waals surface area contributed by atoms with E-state index in [1.54, 1.807) is 23.5 Å². The van der Waals surface area contributed by atoms with Gasteiger partial charge < -0.3 is 10.0 Å². The molecule has 0 aliphatic heterocycles. The molecule has 0 saturated carbocycles.